The third-order valence-corrected chi connectivity index (χ3v) is 4.45. The van der Waals surface area contributed by atoms with Crippen LogP contribution in [-0.2, 0) is 4.79 Å². The van der Waals surface area contributed by atoms with Gasteiger partial charge in [-0.2, -0.15) is 0 Å². The Labute approximate surface area is 115 Å². The van der Waals surface area contributed by atoms with Gasteiger partial charge in [0.15, 0.2) is 0 Å². The number of benzene rings is 1. The lowest BCUT2D eigenvalue weighted by Crippen LogP contribution is -2.17. The SMILES string of the molecule is COc1cc2c(cc1C1CC(C(=O)O)CN1)OCS2. The highest BCUT2D eigenvalue weighted by Gasteiger charge is 2.32. The number of aliphatic carboxylic acids is 1. The zero-order valence-electron chi connectivity index (χ0n) is 10.5. The monoisotopic (exact) mass is 281 g/mol. The highest BCUT2D eigenvalue weighted by molar-refractivity contribution is 7.99. The maximum atomic E-state index is 11.0. The average molecular weight is 281 g/mol. The molecule has 2 aliphatic heterocycles. The van der Waals surface area contributed by atoms with Crippen molar-refractivity contribution >= 4 is 17.7 Å². The second kappa shape index (κ2) is 4.94. The van der Waals surface area contributed by atoms with Crippen molar-refractivity contribution in [1.82, 2.24) is 5.32 Å². The highest BCUT2D eigenvalue weighted by Crippen LogP contribution is 2.44. The van der Waals surface area contributed by atoms with E-state index in [0.29, 0.717) is 18.9 Å². The summed E-state index contributed by atoms with van der Waals surface area (Å²) < 4.78 is 11.0. The maximum absolute atomic E-state index is 11.0. The van der Waals surface area contributed by atoms with Crippen molar-refractivity contribution in [2.75, 3.05) is 19.6 Å². The van der Waals surface area contributed by atoms with Crippen LogP contribution >= 0.6 is 11.8 Å². The van der Waals surface area contributed by atoms with Gasteiger partial charge in [0.25, 0.3) is 0 Å². The van der Waals surface area contributed by atoms with Crippen molar-refractivity contribution in [2.24, 2.45) is 5.92 Å². The van der Waals surface area contributed by atoms with Gasteiger partial charge < -0.3 is 19.9 Å². The second-order valence-corrected chi connectivity index (χ2v) is 5.64. The van der Waals surface area contributed by atoms with E-state index in [-0.39, 0.29) is 12.0 Å². The van der Waals surface area contributed by atoms with Gasteiger partial charge in [0.05, 0.1) is 17.9 Å². The minimum absolute atomic E-state index is 0.00977. The Morgan fingerprint density at radius 3 is 3.11 bits per heavy atom. The van der Waals surface area contributed by atoms with E-state index < -0.39 is 5.97 Å². The van der Waals surface area contributed by atoms with Gasteiger partial charge in [-0.3, -0.25) is 4.79 Å². The molecule has 0 spiro atoms. The van der Waals surface area contributed by atoms with Gasteiger partial charge >= 0.3 is 5.97 Å². The molecule has 1 aromatic carbocycles. The minimum Gasteiger partial charge on any atom is -0.496 e. The van der Waals surface area contributed by atoms with E-state index in [1.54, 1.807) is 18.9 Å². The summed E-state index contributed by atoms with van der Waals surface area (Å²) >= 11 is 1.64. The largest absolute Gasteiger partial charge is 0.496 e. The van der Waals surface area contributed by atoms with E-state index in [0.717, 1.165) is 22.0 Å². The molecule has 0 bridgehead atoms. The molecule has 2 atom stereocenters. The lowest BCUT2D eigenvalue weighted by molar-refractivity contribution is -0.141. The molecule has 3 rings (SSSR count). The van der Waals surface area contributed by atoms with Gasteiger partial charge in [-0.15, -0.1) is 0 Å². The van der Waals surface area contributed by atoms with Gasteiger partial charge in [0, 0.05) is 18.2 Å². The summed E-state index contributed by atoms with van der Waals surface area (Å²) in [6, 6.07) is 3.95. The number of thioether (sulfide) groups is 1. The zero-order chi connectivity index (χ0) is 13.4. The minimum atomic E-state index is -0.748. The molecule has 2 aliphatic rings. The second-order valence-electron chi connectivity index (χ2n) is 4.68. The van der Waals surface area contributed by atoms with Crippen molar-refractivity contribution in [2.45, 2.75) is 17.4 Å². The summed E-state index contributed by atoms with van der Waals surface area (Å²) in [6.07, 6.45) is 0.581. The highest BCUT2D eigenvalue weighted by atomic mass is 32.2. The molecule has 19 heavy (non-hydrogen) atoms. The van der Waals surface area contributed by atoms with Crippen LogP contribution in [0, 0.1) is 5.92 Å². The third-order valence-electron chi connectivity index (χ3n) is 3.58. The Balaban J connectivity index is 1.90. The number of fused-ring (bicyclic) bond motifs is 1. The fourth-order valence-corrected chi connectivity index (χ4v) is 3.31. The van der Waals surface area contributed by atoms with Gasteiger partial charge in [0.1, 0.15) is 17.4 Å². The van der Waals surface area contributed by atoms with Crippen molar-refractivity contribution < 1.29 is 19.4 Å². The van der Waals surface area contributed by atoms with Crippen molar-refractivity contribution in [3.8, 4) is 11.5 Å². The molecule has 2 heterocycles. The molecule has 0 aromatic heterocycles. The molecule has 0 saturated carbocycles. The molecule has 2 N–H and O–H groups in total. The van der Waals surface area contributed by atoms with Crippen LogP contribution in [0.5, 0.6) is 11.5 Å². The average Bonchev–Trinajstić information content (AvgIpc) is 3.05. The van der Waals surface area contributed by atoms with Crippen LogP contribution < -0.4 is 14.8 Å². The predicted molar refractivity (Wildman–Crippen MR) is 70.8 cm³/mol. The molecule has 0 amide bonds. The van der Waals surface area contributed by atoms with Crippen LogP contribution in [0.1, 0.15) is 18.0 Å². The summed E-state index contributed by atoms with van der Waals surface area (Å²) in [5, 5.41) is 12.3. The summed E-state index contributed by atoms with van der Waals surface area (Å²) in [4.78, 5) is 12.1. The number of methoxy groups -OCH3 is 1. The van der Waals surface area contributed by atoms with E-state index in [9.17, 15) is 4.79 Å². The molecule has 5 nitrogen and oxygen atoms in total. The van der Waals surface area contributed by atoms with Gasteiger partial charge in [-0.25, -0.2) is 0 Å². The summed E-state index contributed by atoms with van der Waals surface area (Å²) in [5.41, 5.74) is 0.979. The first-order valence-corrected chi connectivity index (χ1v) is 7.11. The Hall–Kier alpha value is -1.40. The smallest absolute Gasteiger partial charge is 0.307 e. The number of hydrogen-bond acceptors (Lipinski definition) is 5. The first-order valence-electron chi connectivity index (χ1n) is 6.12. The summed E-state index contributed by atoms with van der Waals surface area (Å²) in [5.74, 6) is 1.19. The topological polar surface area (TPSA) is 67.8 Å². The molecule has 102 valence electrons. The van der Waals surface area contributed by atoms with Gasteiger partial charge in [0.2, 0.25) is 0 Å². The van der Waals surface area contributed by atoms with E-state index in [1.165, 1.54) is 0 Å². The van der Waals surface area contributed by atoms with Crippen molar-refractivity contribution in [3.05, 3.63) is 17.7 Å². The van der Waals surface area contributed by atoms with Crippen LogP contribution in [0.2, 0.25) is 0 Å². The Morgan fingerprint density at radius 1 is 1.58 bits per heavy atom. The Kier molecular flexibility index (Phi) is 3.28. The van der Waals surface area contributed by atoms with E-state index in [4.69, 9.17) is 14.6 Å². The number of carboxylic acid groups (broad SMARTS) is 1. The quantitative estimate of drug-likeness (QED) is 0.881. The standard InChI is InChI=1S/C13H15NO4S/c1-17-10-4-12-11(18-6-19-12)3-8(10)9-2-7(5-14-9)13(15)16/h3-4,7,9,14H,2,5-6H2,1H3,(H,15,16). The molecule has 0 aliphatic carbocycles. The number of ether oxygens (including phenoxy) is 2. The van der Waals surface area contributed by atoms with E-state index in [1.807, 2.05) is 12.1 Å². The molecular weight excluding hydrogens is 266 g/mol. The number of hydrogen-bond donors (Lipinski definition) is 2. The predicted octanol–water partition coefficient (Wildman–Crippen LogP) is 1.87. The zero-order valence-corrected chi connectivity index (χ0v) is 11.3. The fraction of sp³-hybridized carbons (Fsp3) is 0.462. The fourth-order valence-electron chi connectivity index (χ4n) is 2.55. The number of nitrogens with one attached hydrogen (secondary N) is 1. The number of carboxylic acids is 1. The van der Waals surface area contributed by atoms with Crippen LogP contribution in [0.4, 0.5) is 0 Å². The van der Waals surface area contributed by atoms with Crippen molar-refractivity contribution in [3.63, 3.8) is 0 Å². The van der Waals surface area contributed by atoms with Gasteiger partial charge in [-0.05, 0) is 18.6 Å². The van der Waals surface area contributed by atoms with Crippen LogP contribution in [0.3, 0.4) is 0 Å². The molecule has 0 radical (unpaired) electrons. The third kappa shape index (κ3) is 2.26. The Bertz CT molecular complexity index is 520. The molecule has 1 fully saturated rings. The first kappa shape index (κ1) is 12.6. The normalized spacial score (nSPS) is 24.9. The van der Waals surface area contributed by atoms with Crippen LogP contribution in [0.25, 0.3) is 0 Å². The molecule has 1 saturated heterocycles. The van der Waals surface area contributed by atoms with E-state index in [2.05, 4.69) is 5.32 Å². The summed E-state index contributed by atoms with van der Waals surface area (Å²) in [6.45, 7) is 0.496. The Morgan fingerprint density at radius 2 is 2.42 bits per heavy atom. The van der Waals surface area contributed by atoms with E-state index >= 15 is 0 Å². The number of rotatable bonds is 3. The van der Waals surface area contributed by atoms with Crippen molar-refractivity contribution in [1.29, 1.82) is 0 Å². The van der Waals surface area contributed by atoms with Crippen LogP contribution in [-0.4, -0.2) is 30.7 Å². The first-order chi connectivity index (χ1) is 9.19. The van der Waals surface area contributed by atoms with Gasteiger partial charge in [-0.1, -0.05) is 11.8 Å². The molecule has 2 unspecified atom stereocenters. The molecule has 1 aromatic rings. The number of carbonyl (C=O) groups is 1. The maximum Gasteiger partial charge on any atom is 0.307 e. The molecule has 6 heteroatoms. The lowest BCUT2D eigenvalue weighted by Gasteiger charge is -2.16. The van der Waals surface area contributed by atoms with Crippen LogP contribution in [0.15, 0.2) is 17.0 Å². The lowest BCUT2D eigenvalue weighted by atomic mass is 9.99. The molecular formula is C13H15NO4S. The summed E-state index contributed by atoms with van der Waals surface area (Å²) in [7, 11) is 1.63.